The third-order valence-electron chi connectivity index (χ3n) is 2.19. The van der Waals surface area contributed by atoms with E-state index in [4.69, 9.17) is 5.73 Å². The van der Waals surface area contributed by atoms with E-state index < -0.39 is 0 Å². The van der Waals surface area contributed by atoms with Crippen molar-refractivity contribution in [3.63, 3.8) is 0 Å². The van der Waals surface area contributed by atoms with Crippen LogP contribution >= 0.6 is 22.6 Å². The summed E-state index contributed by atoms with van der Waals surface area (Å²) in [4.78, 5) is 8.04. The summed E-state index contributed by atoms with van der Waals surface area (Å²) in [6.45, 7) is 0. The van der Waals surface area contributed by atoms with E-state index in [1.165, 1.54) is 12.1 Å². The summed E-state index contributed by atoms with van der Waals surface area (Å²) >= 11 is 2.05. The van der Waals surface area contributed by atoms with Crippen molar-refractivity contribution in [3.8, 4) is 0 Å². The molecule has 2 aromatic rings. The molecule has 1 heterocycles. The first-order chi connectivity index (χ1) is 8.58. The molecule has 0 unspecified atom stereocenters. The Hall–Kier alpha value is -1.64. The Kier molecular flexibility index (Phi) is 3.80. The number of nitrogen functional groups attached to an aromatic ring is 1. The molecule has 0 saturated carbocycles. The molecule has 0 atom stereocenters. The second-order valence-corrected chi connectivity index (χ2v) is 4.66. The second-order valence-electron chi connectivity index (χ2n) is 3.50. The third-order valence-corrected chi connectivity index (χ3v) is 3.09. The van der Waals surface area contributed by atoms with Gasteiger partial charge < -0.3 is 16.4 Å². The van der Waals surface area contributed by atoms with E-state index in [0.29, 0.717) is 11.6 Å². The van der Waals surface area contributed by atoms with Gasteiger partial charge in [-0.3, -0.25) is 0 Å². The first kappa shape index (κ1) is 12.8. The number of nitrogens with zero attached hydrogens (tertiary/aromatic N) is 2. The van der Waals surface area contributed by atoms with E-state index in [9.17, 15) is 4.39 Å². The summed E-state index contributed by atoms with van der Waals surface area (Å²) in [6.07, 6.45) is 0. The van der Waals surface area contributed by atoms with Gasteiger partial charge in [-0.2, -0.15) is 9.97 Å². The number of benzene rings is 1. The van der Waals surface area contributed by atoms with Crippen molar-refractivity contribution >= 4 is 45.9 Å². The summed E-state index contributed by atoms with van der Waals surface area (Å²) in [6, 6.07) is 6.19. The number of rotatable bonds is 3. The molecule has 0 aliphatic rings. The van der Waals surface area contributed by atoms with Crippen LogP contribution < -0.4 is 16.4 Å². The molecule has 0 aliphatic carbocycles. The molecule has 0 spiro atoms. The van der Waals surface area contributed by atoms with Crippen molar-refractivity contribution in [2.24, 2.45) is 0 Å². The van der Waals surface area contributed by atoms with E-state index >= 15 is 0 Å². The number of nitrogens with one attached hydrogen (secondary N) is 2. The van der Waals surface area contributed by atoms with Gasteiger partial charge in [-0.25, -0.2) is 4.39 Å². The highest BCUT2D eigenvalue weighted by atomic mass is 127. The summed E-state index contributed by atoms with van der Waals surface area (Å²) < 4.78 is 13.7. The van der Waals surface area contributed by atoms with Gasteiger partial charge in [0.25, 0.3) is 0 Å². The molecule has 18 heavy (non-hydrogen) atoms. The lowest BCUT2D eigenvalue weighted by Gasteiger charge is -2.09. The lowest BCUT2D eigenvalue weighted by molar-refractivity contribution is 0.627. The molecule has 0 fully saturated rings. The van der Waals surface area contributed by atoms with Crippen molar-refractivity contribution in [1.82, 2.24) is 9.97 Å². The Morgan fingerprint density at radius 3 is 2.61 bits per heavy atom. The molecule has 1 aromatic heterocycles. The van der Waals surface area contributed by atoms with Gasteiger partial charge in [0.1, 0.15) is 17.5 Å². The van der Waals surface area contributed by atoms with Crippen LogP contribution in [0.3, 0.4) is 0 Å². The second kappa shape index (κ2) is 5.34. The molecular formula is C11H11FIN5. The topological polar surface area (TPSA) is 75.9 Å². The fourth-order valence-electron chi connectivity index (χ4n) is 1.39. The zero-order chi connectivity index (χ0) is 13.1. The number of hydrogen-bond donors (Lipinski definition) is 3. The molecule has 7 heteroatoms. The molecule has 0 radical (unpaired) electrons. The smallest absolute Gasteiger partial charge is 0.223 e. The van der Waals surface area contributed by atoms with Crippen LogP contribution in [-0.4, -0.2) is 17.0 Å². The first-order valence-corrected chi connectivity index (χ1v) is 6.21. The molecule has 94 valence electrons. The monoisotopic (exact) mass is 359 g/mol. The van der Waals surface area contributed by atoms with Crippen molar-refractivity contribution < 1.29 is 4.39 Å². The molecule has 1 aromatic carbocycles. The zero-order valence-electron chi connectivity index (χ0n) is 9.54. The van der Waals surface area contributed by atoms with E-state index in [2.05, 4.69) is 20.6 Å². The molecule has 0 amide bonds. The molecular weight excluding hydrogens is 348 g/mol. The van der Waals surface area contributed by atoms with E-state index in [1.807, 2.05) is 22.6 Å². The lowest BCUT2D eigenvalue weighted by atomic mass is 10.3. The van der Waals surface area contributed by atoms with Crippen LogP contribution in [0, 0.1) is 9.39 Å². The number of anilines is 4. The fourth-order valence-corrected chi connectivity index (χ4v) is 2.00. The fraction of sp³-hybridized carbons (Fsp3) is 0.0909. The number of aromatic nitrogens is 2. The van der Waals surface area contributed by atoms with Crippen molar-refractivity contribution in [2.75, 3.05) is 23.4 Å². The molecule has 4 N–H and O–H groups in total. The van der Waals surface area contributed by atoms with Crippen LogP contribution in [0.5, 0.6) is 0 Å². The standard InChI is InChI=1S/C11H11FIN5/c1-15-9-5-10(18-11(14)17-9)16-8-3-2-6(12)4-7(8)13/h2-5H,1H3,(H4,14,15,16,17,18). The maximum absolute atomic E-state index is 13.0. The Bertz CT molecular complexity index is 575. The average Bonchev–Trinajstić information content (AvgIpc) is 2.32. The van der Waals surface area contributed by atoms with Crippen LogP contribution in [0.1, 0.15) is 0 Å². The lowest BCUT2D eigenvalue weighted by Crippen LogP contribution is -2.04. The van der Waals surface area contributed by atoms with Gasteiger partial charge in [0.15, 0.2) is 0 Å². The SMILES string of the molecule is CNc1cc(Nc2ccc(F)cc2I)nc(N)n1. The van der Waals surface area contributed by atoms with Crippen LogP contribution in [0.15, 0.2) is 24.3 Å². The maximum Gasteiger partial charge on any atom is 0.223 e. The van der Waals surface area contributed by atoms with Gasteiger partial charge in [-0.05, 0) is 40.8 Å². The average molecular weight is 359 g/mol. The van der Waals surface area contributed by atoms with Gasteiger partial charge in [-0.1, -0.05) is 0 Å². The van der Waals surface area contributed by atoms with Crippen LogP contribution in [0.2, 0.25) is 0 Å². The normalized spacial score (nSPS) is 10.2. The highest BCUT2D eigenvalue weighted by Crippen LogP contribution is 2.23. The third kappa shape index (κ3) is 2.97. The summed E-state index contributed by atoms with van der Waals surface area (Å²) in [5, 5.41) is 5.95. The molecule has 2 rings (SSSR count). The largest absolute Gasteiger partial charge is 0.373 e. The predicted octanol–water partition coefficient (Wildman–Crippen LogP) is 2.59. The Morgan fingerprint density at radius 1 is 1.22 bits per heavy atom. The van der Waals surface area contributed by atoms with Gasteiger partial charge in [0, 0.05) is 16.7 Å². The summed E-state index contributed by atoms with van der Waals surface area (Å²) in [5.41, 5.74) is 6.35. The quantitative estimate of drug-likeness (QED) is 0.735. The van der Waals surface area contributed by atoms with Gasteiger partial charge in [0.2, 0.25) is 5.95 Å². The molecule has 0 aliphatic heterocycles. The minimum absolute atomic E-state index is 0.168. The van der Waals surface area contributed by atoms with Crippen molar-refractivity contribution in [3.05, 3.63) is 33.7 Å². The summed E-state index contributed by atoms with van der Waals surface area (Å²) in [7, 11) is 1.74. The maximum atomic E-state index is 13.0. The van der Waals surface area contributed by atoms with Crippen molar-refractivity contribution in [2.45, 2.75) is 0 Å². The van der Waals surface area contributed by atoms with Crippen LogP contribution in [0.4, 0.5) is 27.7 Å². The predicted molar refractivity (Wildman–Crippen MR) is 78.4 cm³/mol. The van der Waals surface area contributed by atoms with E-state index in [1.54, 1.807) is 19.2 Å². The van der Waals surface area contributed by atoms with Gasteiger partial charge in [-0.15, -0.1) is 0 Å². The zero-order valence-corrected chi connectivity index (χ0v) is 11.7. The van der Waals surface area contributed by atoms with Crippen LogP contribution in [-0.2, 0) is 0 Å². The van der Waals surface area contributed by atoms with E-state index in [0.717, 1.165) is 9.26 Å². The molecule has 0 bridgehead atoms. The molecule has 0 saturated heterocycles. The highest BCUT2D eigenvalue weighted by Gasteiger charge is 2.05. The Morgan fingerprint density at radius 2 is 1.94 bits per heavy atom. The summed E-state index contributed by atoms with van der Waals surface area (Å²) in [5.74, 6) is 1.06. The first-order valence-electron chi connectivity index (χ1n) is 5.13. The van der Waals surface area contributed by atoms with Crippen LogP contribution in [0.25, 0.3) is 0 Å². The Labute approximate surface area is 117 Å². The highest BCUT2D eigenvalue weighted by molar-refractivity contribution is 14.1. The number of hydrogen-bond acceptors (Lipinski definition) is 5. The van der Waals surface area contributed by atoms with Gasteiger partial charge >= 0.3 is 0 Å². The number of nitrogens with two attached hydrogens (primary N) is 1. The Balaban J connectivity index is 2.30. The van der Waals surface area contributed by atoms with Gasteiger partial charge in [0.05, 0.1) is 5.69 Å². The number of halogens is 2. The minimum atomic E-state index is -0.275. The minimum Gasteiger partial charge on any atom is -0.373 e. The van der Waals surface area contributed by atoms with Crippen molar-refractivity contribution in [1.29, 1.82) is 0 Å². The molecule has 5 nitrogen and oxygen atoms in total. The van der Waals surface area contributed by atoms with E-state index in [-0.39, 0.29) is 11.8 Å².